The van der Waals surface area contributed by atoms with Gasteiger partial charge in [0.15, 0.2) is 5.69 Å². The molecule has 0 saturated carbocycles. The zero-order chi connectivity index (χ0) is 22.1. The number of fused-ring (bicyclic) bond motifs is 1. The molecule has 0 N–H and O–H groups in total. The Kier molecular flexibility index (Phi) is 5.68. The standard InChI is InChI=1S/C26H30N4O2/c1-28-23-7-3-2-6-22(23)24(27-28)26(32)30-16-12-20(13-17-30)18-19-8-10-21(11-9-19)25(31)29-14-4-5-15-29/h2-3,6-11,20H,4-5,12-18H2,1H3. The third kappa shape index (κ3) is 4.01. The van der Waals surface area contributed by atoms with Gasteiger partial charge in [0.05, 0.1) is 5.52 Å². The highest BCUT2D eigenvalue weighted by atomic mass is 16.2. The summed E-state index contributed by atoms with van der Waals surface area (Å²) in [5.74, 6) is 0.743. The molecule has 0 bridgehead atoms. The van der Waals surface area contributed by atoms with Crippen LogP contribution in [0.15, 0.2) is 48.5 Å². The molecule has 2 aliphatic rings. The number of carbonyl (C=O) groups is 2. The number of hydrogen-bond donors (Lipinski definition) is 0. The Balaban J connectivity index is 1.18. The lowest BCUT2D eigenvalue weighted by molar-refractivity contribution is 0.0685. The fraction of sp³-hybridized carbons (Fsp3) is 0.423. The minimum Gasteiger partial charge on any atom is -0.339 e. The van der Waals surface area contributed by atoms with E-state index in [1.807, 2.05) is 53.2 Å². The number of benzene rings is 2. The van der Waals surface area contributed by atoms with Crippen LogP contribution in [-0.4, -0.2) is 57.6 Å². The second-order valence-electron chi connectivity index (χ2n) is 9.13. The largest absolute Gasteiger partial charge is 0.339 e. The number of amides is 2. The van der Waals surface area contributed by atoms with E-state index in [2.05, 4.69) is 17.2 Å². The Labute approximate surface area is 188 Å². The number of piperidine rings is 1. The average molecular weight is 431 g/mol. The van der Waals surface area contributed by atoms with Crippen LogP contribution >= 0.6 is 0 Å². The molecule has 166 valence electrons. The van der Waals surface area contributed by atoms with Gasteiger partial charge in [-0.05, 0) is 61.8 Å². The molecule has 2 aliphatic heterocycles. The van der Waals surface area contributed by atoms with Gasteiger partial charge in [-0.2, -0.15) is 5.10 Å². The van der Waals surface area contributed by atoms with Crippen molar-refractivity contribution in [1.82, 2.24) is 19.6 Å². The van der Waals surface area contributed by atoms with E-state index >= 15 is 0 Å². The molecular weight excluding hydrogens is 400 g/mol. The summed E-state index contributed by atoms with van der Waals surface area (Å²) in [4.78, 5) is 29.5. The summed E-state index contributed by atoms with van der Waals surface area (Å²) in [6, 6.07) is 16.0. The van der Waals surface area contributed by atoms with E-state index in [1.54, 1.807) is 4.68 Å². The molecule has 32 heavy (non-hydrogen) atoms. The number of hydrogen-bond acceptors (Lipinski definition) is 3. The van der Waals surface area contributed by atoms with Crippen LogP contribution in [0.3, 0.4) is 0 Å². The van der Waals surface area contributed by atoms with Gasteiger partial charge in [0, 0.05) is 44.2 Å². The van der Waals surface area contributed by atoms with E-state index in [0.717, 1.165) is 74.7 Å². The highest BCUT2D eigenvalue weighted by Gasteiger charge is 2.27. The number of nitrogens with zero attached hydrogens (tertiary/aromatic N) is 4. The first-order valence-electron chi connectivity index (χ1n) is 11.7. The minimum atomic E-state index is 0.0324. The number of carbonyl (C=O) groups excluding carboxylic acids is 2. The van der Waals surface area contributed by atoms with Gasteiger partial charge in [0.25, 0.3) is 11.8 Å². The lowest BCUT2D eigenvalue weighted by Crippen LogP contribution is -2.39. The van der Waals surface area contributed by atoms with Crippen molar-refractivity contribution >= 4 is 22.7 Å². The second kappa shape index (κ2) is 8.77. The maximum Gasteiger partial charge on any atom is 0.275 e. The summed E-state index contributed by atoms with van der Waals surface area (Å²) in [7, 11) is 1.88. The zero-order valence-electron chi connectivity index (χ0n) is 18.7. The quantitative estimate of drug-likeness (QED) is 0.631. The summed E-state index contributed by atoms with van der Waals surface area (Å²) in [6.07, 6.45) is 5.20. The van der Waals surface area contributed by atoms with E-state index in [4.69, 9.17) is 0 Å². The Bertz CT molecular complexity index is 1120. The molecule has 0 aliphatic carbocycles. The van der Waals surface area contributed by atoms with Crippen molar-refractivity contribution in [1.29, 1.82) is 0 Å². The van der Waals surface area contributed by atoms with Crippen LogP contribution in [-0.2, 0) is 13.5 Å². The van der Waals surface area contributed by atoms with Crippen molar-refractivity contribution in [3.8, 4) is 0 Å². The van der Waals surface area contributed by atoms with Gasteiger partial charge in [-0.25, -0.2) is 0 Å². The number of aromatic nitrogens is 2. The molecule has 0 unspecified atom stereocenters. The third-order valence-corrected chi connectivity index (χ3v) is 6.98. The van der Waals surface area contributed by atoms with Gasteiger partial charge < -0.3 is 9.80 Å². The first-order valence-corrected chi connectivity index (χ1v) is 11.7. The Hall–Kier alpha value is -3.15. The average Bonchev–Trinajstić information content (AvgIpc) is 3.48. The van der Waals surface area contributed by atoms with E-state index in [9.17, 15) is 9.59 Å². The van der Waals surface area contributed by atoms with Gasteiger partial charge >= 0.3 is 0 Å². The number of aryl methyl sites for hydroxylation is 1. The predicted octanol–water partition coefficient (Wildman–Crippen LogP) is 3.90. The molecule has 1 aromatic heterocycles. The van der Waals surface area contributed by atoms with E-state index < -0.39 is 0 Å². The molecule has 3 aromatic rings. The van der Waals surface area contributed by atoms with Gasteiger partial charge in [0.1, 0.15) is 0 Å². The normalized spacial score (nSPS) is 17.3. The van der Waals surface area contributed by atoms with E-state index in [-0.39, 0.29) is 11.8 Å². The molecule has 3 heterocycles. The maximum absolute atomic E-state index is 13.1. The fourth-order valence-corrected chi connectivity index (χ4v) is 5.08. The predicted molar refractivity (Wildman–Crippen MR) is 125 cm³/mol. The van der Waals surface area contributed by atoms with Crippen molar-refractivity contribution in [2.24, 2.45) is 13.0 Å². The van der Waals surface area contributed by atoms with Crippen molar-refractivity contribution < 1.29 is 9.59 Å². The van der Waals surface area contributed by atoms with Crippen LogP contribution < -0.4 is 0 Å². The van der Waals surface area contributed by atoms with Crippen molar-refractivity contribution in [2.45, 2.75) is 32.1 Å². The highest BCUT2D eigenvalue weighted by Crippen LogP contribution is 2.25. The Morgan fingerprint density at radius 2 is 1.53 bits per heavy atom. The first kappa shape index (κ1) is 20.7. The molecule has 6 nitrogen and oxygen atoms in total. The smallest absolute Gasteiger partial charge is 0.275 e. The second-order valence-corrected chi connectivity index (χ2v) is 9.13. The molecule has 0 atom stereocenters. The summed E-state index contributed by atoms with van der Waals surface area (Å²) in [6.45, 7) is 3.29. The number of rotatable bonds is 4. The molecule has 5 rings (SSSR count). The van der Waals surface area contributed by atoms with Crippen LogP contribution in [0.1, 0.15) is 52.1 Å². The number of likely N-dealkylation sites (tertiary alicyclic amines) is 2. The summed E-state index contributed by atoms with van der Waals surface area (Å²) in [5.41, 5.74) is 3.60. The summed E-state index contributed by atoms with van der Waals surface area (Å²) >= 11 is 0. The molecule has 0 radical (unpaired) electrons. The van der Waals surface area contributed by atoms with Crippen LogP contribution in [0.2, 0.25) is 0 Å². The molecule has 2 amide bonds. The monoisotopic (exact) mass is 430 g/mol. The number of para-hydroxylation sites is 1. The van der Waals surface area contributed by atoms with Gasteiger partial charge in [-0.1, -0.05) is 30.3 Å². The molecule has 0 spiro atoms. The first-order chi connectivity index (χ1) is 15.6. The lowest BCUT2D eigenvalue weighted by atomic mass is 9.89. The van der Waals surface area contributed by atoms with E-state index in [0.29, 0.717) is 11.6 Å². The fourth-order valence-electron chi connectivity index (χ4n) is 5.08. The van der Waals surface area contributed by atoms with Crippen LogP contribution in [0, 0.1) is 5.92 Å². The van der Waals surface area contributed by atoms with Crippen molar-refractivity contribution in [3.05, 3.63) is 65.4 Å². The lowest BCUT2D eigenvalue weighted by Gasteiger charge is -2.31. The Morgan fingerprint density at radius 1 is 0.875 bits per heavy atom. The van der Waals surface area contributed by atoms with Gasteiger partial charge in [-0.15, -0.1) is 0 Å². The summed E-state index contributed by atoms with van der Waals surface area (Å²) in [5, 5.41) is 5.42. The molecule has 2 aromatic carbocycles. The molecule has 6 heteroatoms. The minimum absolute atomic E-state index is 0.0324. The molecule has 2 saturated heterocycles. The topological polar surface area (TPSA) is 58.4 Å². The zero-order valence-corrected chi connectivity index (χ0v) is 18.7. The van der Waals surface area contributed by atoms with Gasteiger partial charge in [0.2, 0.25) is 0 Å². The Morgan fingerprint density at radius 3 is 2.25 bits per heavy atom. The van der Waals surface area contributed by atoms with Crippen molar-refractivity contribution in [2.75, 3.05) is 26.2 Å². The molecule has 2 fully saturated rings. The van der Waals surface area contributed by atoms with Crippen LogP contribution in [0.5, 0.6) is 0 Å². The maximum atomic E-state index is 13.1. The SMILES string of the molecule is Cn1nc(C(=O)N2CCC(Cc3ccc(C(=O)N4CCCC4)cc3)CC2)c2ccccc21. The van der Waals surface area contributed by atoms with E-state index in [1.165, 1.54) is 5.56 Å². The van der Waals surface area contributed by atoms with Crippen LogP contribution in [0.25, 0.3) is 10.9 Å². The molecular formula is C26H30N4O2. The van der Waals surface area contributed by atoms with Gasteiger partial charge in [-0.3, -0.25) is 14.3 Å². The van der Waals surface area contributed by atoms with Crippen molar-refractivity contribution in [3.63, 3.8) is 0 Å². The third-order valence-electron chi connectivity index (χ3n) is 6.98. The van der Waals surface area contributed by atoms with Crippen LogP contribution in [0.4, 0.5) is 0 Å². The highest BCUT2D eigenvalue weighted by molar-refractivity contribution is 6.04. The summed E-state index contributed by atoms with van der Waals surface area (Å²) < 4.78 is 1.79.